The largest absolute Gasteiger partial charge is 0.481 e. The van der Waals surface area contributed by atoms with Gasteiger partial charge in [0.05, 0.1) is 0 Å². The molecule has 0 radical (unpaired) electrons. The van der Waals surface area contributed by atoms with E-state index in [9.17, 15) is 35.9 Å². The normalized spacial score (nSPS) is 13.3. The van der Waals surface area contributed by atoms with Gasteiger partial charge in [0.25, 0.3) is 11.8 Å². The van der Waals surface area contributed by atoms with Gasteiger partial charge in [-0.2, -0.15) is 0 Å². The lowest BCUT2D eigenvalue weighted by atomic mass is 9.72. The minimum absolute atomic E-state index is 0.889. The number of carbonyl (C=O) groups is 2. The first-order valence-corrected chi connectivity index (χ1v) is 5.31. The molecule has 0 aromatic carbocycles. The fourth-order valence-corrected chi connectivity index (χ4v) is 1.79. The van der Waals surface area contributed by atoms with Crippen LogP contribution < -0.4 is 0 Å². The Kier molecular flexibility index (Phi) is 5.85. The maximum atomic E-state index is 13.4. The maximum absolute atomic E-state index is 13.4. The van der Waals surface area contributed by atoms with E-state index in [1.165, 1.54) is 0 Å². The second kappa shape index (κ2) is 6.31. The fraction of sp³-hybridized carbons (Fsp3) is 0.800. The van der Waals surface area contributed by atoms with Crippen LogP contribution in [0.15, 0.2) is 0 Å². The van der Waals surface area contributed by atoms with Crippen molar-refractivity contribution in [3.63, 3.8) is 0 Å². The monoisotopic (exact) mass is 310 g/mol. The van der Waals surface area contributed by atoms with Crippen molar-refractivity contribution in [2.24, 2.45) is 5.41 Å². The highest BCUT2D eigenvalue weighted by Crippen LogP contribution is 2.52. The summed E-state index contributed by atoms with van der Waals surface area (Å²) >= 11 is 0. The Morgan fingerprint density at radius 1 is 0.900 bits per heavy atom. The highest BCUT2D eigenvalue weighted by molar-refractivity contribution is 5.78. The van der Waals surface area contributed by atoms with Crippen LogP contribution in [0.5, 0.6) is 0 Å². The number of rotatable bonds is 9. The van der Waals surface area contributed by atoms with Gasteiger partial charge in [-0.3, -0.25) is 9.59 Å². The van der Waals surface area contributed by atoms with Crippen molar-refractivity contribution >= 4 is 11.9 Å². The molecule has 0 saturated heterocycles. The van der Waals surface area contributed by atoms with Crippen molar-refractivity contribution in [2.45, 2.75) is 31.1 Å². The SMILES string of the molecule is O=C(O)CCCC(C(=O)O)(C(F)(F)CF)C(F)(F)CF. The summed E-state index contributed by atoms with van der Waals surface area (Å²) in [4.78, 5) is 21.1. The number of hydrogen-bond donors (Lipinski definition) is 2. The third-order valence-electron chi connectivity index (χ3n) is 2.89. The van der Waals surface area contributed by atoms with E-state index in [2.05, 4.69) is 0 Å². The molecule has 0 heterocycles. The van der Waals surface area contributed by atoms with Crippen LogP contribution in [-0.4, -0.2) is 47.3 Å². The van der Waals surface area contributed by atoms with Crippen LogP contribution >= 0.6 is 0 Å². The van der Waals surface area contributed by atoms with Crippen LogP contribution in [0.25, 0.3) is 0 Å². The van der Waals surface area contributed by atoms with Gasteiger partial charge in [0.2, 0.25) is 0 Å². The van der Waals surface area contributed by atoms with Crippen molar-refractivity contribution in [3.05, 3.63) is 0 Å². The summed E-state index contributed by atoms with van der Waals surface area (Å²) in [5, 5.41) is 17.0. The second-order valence-electron chi connectivity index (χ2n) is 4.13. The number of aliphatic carboxylic acids is 2. The number of carboxylic acid groups (broad SMARTS) is 2. The van der Waals surface area contributed by atoms with Crippen molar-refractivity contribution in [2.75, 3.05) is 13.3 Å². The second-order valence-corrected chi connectivity index (χ2v) is 4.13. The molecule has 0 bridgehead atoms. The molecule has 10 heteroatoms. The maximum Gasteiger partial charge on any atom is 0.322 e. The van der Waals surface area contributed by atoms with E-state index in [1.54, 1.807) is 0 Å². The molecule has 0 aliphatic carbocycles. The highest BCUT2D eigenvalue weighted by atomic mass is 19.3. The van der Waals surface area contributed by atoms with Gasteiger partial charge >= 0.3 is 11.9 Å². The summed E-state index contributed by atoms with van der Waals surface area (Å²) in [7, 11) is 0. The third-order valence-corrected chi connectivity index (χ3v) is 2.89. The first-order chi connectivity index (χ1) is 8.98. The predicted molar refractivity (Wildman–Crippen MR) is 53.4 cm³/mol. The van der Waals surface area contributed by atoms with Crippen LogP contribution in [0.1, 0.15) is 19.3 Å². The van der Waals surface area contributed by atoms with E-state index >= 15 is 0 Å². The Morgan fingerprint density at radius 2 is 1.30 bits per heavy atom. The smallest absolute Gasteiger partial charge is 0.322 e. The molecule has 0 amide bonds. The zero-order valence-electron chi connectivity index (χ0n) is 10.0. The Bertz CT molecular complexity index is 355. The van der Waals surface area contributed by atoms with Gasteiger partial charge in [-0.25, -0.2) is 26.3 Å². The van der Waals surface area contributed by atoms with Gasteiger partial charge in [0.1, 0.15) is 0 Å². The molecular formula is C10H12F6O4. The van der Waals surface area contributed by atoms with Crippen molar-refractivity contribution in [1.82, 2.24) is 0 Å². The van der Waals surface area contributed by atoms with Gasteiger partial charge in [0.15, 0.2) is 18.8 Å². The van der Waals surface area contributed by atoms with Gasteiger partial charge in [0, 0.05) is 6.42 Å². The Hall–Kier alpha value is -1.48. The van der Waals surface area contributed by atoms with E-state index in [0.717, 1.165) is 0 Å². The molecule has 0 aliphatic rings. The van der Waals surface area contributed by atoms with Crippen molar-refractivity contribution < 1.29 is 46.1 Å². The lowest BCUT2D eigenvalue weighted by Gasteiger charge is -2.39. The molecule has 0 saturated carbocycles. The first-order valence-electron chi connectivity index (χ1n) is 5.31. The van der Waals surface area contributed by atoms with E-state index in [4.69, 9.17) is 10.2 Å². The molecule has 0 aliphatic heterocycles. The first kappa shape index (κ1) is 18.5. The van der Waals surface area contributed by atoms with Crippen LogP contribution in [0.2, 0.25) is 0 Å². The average Bonchev–Trinajstić information content (AvgIpc) is 2.33. The van der Waals surface area contributed by atoms with Crippen LogP contribution in [-0.2, 0) is 9.59 Å². The van der Waals surface area contributed by atoms with Crippen LogP contribution in [0.3, 0.4) is 0 Å². The Balaban J connectivity index is 5.72. The summed E-state index contributed by atoms with van der Waals surface area (Å²) in [6, 6.07) is 0. The molecule has 0 aromatic rings. The van der Waals surface area contributed by atoms with E-state index in [-0.39, 0.29) is 0 Å². The molecule has 0 fully saturated rings. The number of alkyl halides is 6. The zero-order chi connectivity index (χ0) is 16.2. The Morgan fingerprint density at radius 3 is 1.55 bits per heavy atom. The lowest BCUT2D eigenvalue weighted by Crippen LogP contribution is -2.61. The minimum atomic E-state index is -5.05. The van der Waals surface area contributed by atoms with Crippen molar-refractivity contribution in [3.8, 4) is 0 Å². The molecule has 0 rings (SSSR count). The van der Waals surface area contributed by atoms with Crippen LogP contribution in [0.4, 0.5) is 26.3 Å². The molecule has 4 nitrogen and oxygen atoms in total. The molecule has 0 spiro atoms. The van der Waals surface area contributed by atoms with Gasteiger partial charge in [-0.15, -0.1) is 0 Å². The summed E-state index contributed by atoms with van der Waals surface area (Å²) in [6.07, 6.45) is -3.37. The highest BCUT2D eigenvalue weighted by Gasteiger charge is 2.72. The average molecular weight is 310 g/mol. The zero-order valence-corrected chi connectivity index (χ0v) is 10.0. The quantitative estimate of drug-likeness (QED) is 0.642. The van der Waals surface area contributed by atoms with Crippen LogP contribution in [0, 0.1) is 5.41 Å². The molecule has 118 valence electrons. The van der Waals surface area contributed by atoms with Gasteiger partial charge in [-0.05, 0) is 12.8 Å². The summed E-state index contributed by atoms with van der Waals surface area (Å²) in [5.41, 5.74) is -4.33. The topological polar surface area (TPSA) is 74.6 Å². The standard InChI is InChI=1S/C10H12F6O4/c11-4-9(13,14)8(7(19)20,10(15,16)5-12)3-1-2-6(17)18/h1-5H2,(H,17,18)(H,19,20). The number of hydrogen-bond acceptors (Lipinski definition) is 2. The third kappa shape index (κ3) is 3.15. The molecule has 2 N–H and O–H groups in total. The molecule has 0 aromatic heterocycles. The summed E-state index contributed by atoms with van der Waals surface area (Å²) in [6.45, 7) is -5.47. The molecular weight excluding hydrogens is 298 g/mol. The summed E-state index contributed by atoms with van der Waals surface area (Å²) in [5.74, 6) is -14.4. The fourth-order valence-electron chi connectivity index (χ4n) is 1.79. The van der Waals surface area contributed by atoms with E-state index in [1.807, 2.05) is 0 Å². The number of halogens is 6. The van der Waals surface area contributed by atoms with E-state index < -0.39 is 61.8 Å². The van der Waals surface area contributed by atoms with Gasteiger partial charge in [-0.1, -0.05) is 0 Å². The lowest BCUT2D eigenvalue weighted by molar-refractivity contribution is -0.255. The van der Waals surface area contributed by atoms with Gasteiger partial charge < -0.3 is 10.2 Å². The summed E-state index contributed by atoms with van der Waals surface area (Å²) < 4.78 is 78.1. The van der Waals surface area contributed by atoms with E-state index in [0.29, 0.717) is 0 Å². The molecule has 20 heavy (non-hydrogen) atoms. The molecule has 0 unspecified atom stereocenters. The predicted octanol–water partition coefficient (Wildman–Crippen LogP) is 2.52. The minimum Gasteiger partial charge on any atom is -0.481 e. The number of carboxylic acids is 2. The Labute approximate surface area is 109 Å². The van der Waals surface area contributed by atoms with Crippen molar-refractivity contribution in [1.29, 1.82) is 0 Å². The molecule has 0 atom stereocenters.